The third-order valence-corrected chi connectivity index (χ3v) is 7.47. The van der Waals surface area contributed by atoms with E-state index in [0.29, 0.717) is 43.1 Å². The van der Waals surface area contributed by atoms with Crippen molar-refractivity contribution < 1.29 is 22.7 Å². The summed E-state index contributed by atoms with van der Waals surface area (Å²) in [7, 11) is -2.01. The first-order valence-electron chi connectivity index (χ1n) is 10.7. The second kappa shape index (κ2) is 9.53. The van der Waals surface area contributed by atoms with E-state index >= 15 is 0 Å². The molecule has 3 aromatic rings. The smallest absolute Gasteiger partial charge is 0.313 e. The van der Waals surface area contributed by atoms with E-state index in [-0.39, 0.29) is 5.75 Å². The summed E-state index contributed by atoms with van der Waals surface area (Å²) in [5, 5.41) is 6.24. The molecule has 1 saturated heterocycles. The second-order valence-electron chi connectivity index (χ2n) is 7.80. The fourth-order valence-corrected chi connectivity index (χ4v) is 5.58. The second-order valence-corrected chi connectivity index (χ2v) is 9.81. The number of sulfonamides is 1. The van der Waals surface area contributed by atoms with Crippen LogP contribution < -0.4 is 19.7 Å². The molecule has 0 aliphatic carbocycles. The number of benzene rings is 2. The number of aromatic nitrogens is 1. The maximum atomic E-state index is 12.5. The number of fused-ring (bicyclic) bond motifs is 1. The predicted octanol–water partition coefficient (Wildman–Crippen LogP) is 2.40. The van der Waals surface area contributed by atoms with Gasteiger partial charge in [-0.1, -0.05) is 18.2 Å². The number of para-hydroxylation sites is 1. The van der Waals surface area contributed by atoms with Crippen molar-refractivity contribution in [2.45, 2.75) is 19.3 Å². The van der Waals surface area contributed by atoms with Crippen LogP contribution in [0.4, 0.5) is 11.4 Å². The number of nitrogens with zero attached hydrogens (tertiary/aromatic N) is 1. The minimum Gasteiger partial charge on any atom is -0.495 e. The molecule has 4 rings (SSSR count). The van der Waals surface area contributed by atoms with Crippen molar-refractivity contribution in [3.8, 4) is 5.75 Å². The molecule has 10 heteroatoms. The predicted molar refractivity (Wildman–Crippen MR) is 127 cm³/mol. The van der Waals surface area contributed by atoms with Crippen molar-refractivity contribution in [3.63, 3.8) is 0 Å². The molecule has 0 bridgehead atoms. The van der Waals surface area contributed by atoms with E-state index < -0.39 is 21.8 Å². The summed E-state index contributed by atoms with van der Waals surface area (Å²) in [6.45, 7) is 0.637. The van der Waals surface area contributed by atoms with Gasteiger partial charge < -0.3 is 20.4 Å². The highest BCUT2D eigenvalue weighted by Crippen LogP contribution is 2.35. The lowest BCUT2D eigenvalue weighted by Crippen LogP contribution is -2.38. The number of ether oxygens (including phenoxy) is 1. The number of hydrogen-bond donors (Lipinski definition) is 3. The monoisotopic (exact) mass is 470 g/mol. The molecule has 33 heavy (non-hydrogen) atoms. The lowest BCUT2D eigenvalue weighted by Gasteiger charge is -2.29. The maximum absolute atomic E-state index is 12.5. The number of nitrogens with one attached hydrogen (secondary N) is 3. The number of rotatable bonds is 6. The summed E-state index contributed by atoms with van der Waals surface area (Å²) in [6.07, 6.45) is 3.81. The number of hydrogen-bond acceptors (Lipinski definition) is 5. The minimum atomic E-state index is -3.46. The van der Waals surface area contributed by atoms with E-state index in [1.54, 1.807) is 12.1 Å². The van der Waals surface area contributed by atoms with Crippen molar-refractivity contribution in [1.82, 2.24) is 10.3 Å². The Bertz CT molecular complexity index is 1280. The number of anilines is 2. The van der Waals surface area contributed by atoms with E-state index in [4.69, 9.17) is 4.74 Å². The average Bonchev–Trinajstić information content (AvgIpc) is 3.22. The van der Waals surface area contributed by atoms with Gasteiger partial charge in [0.1, 0.15) is 5.75 Å². The van der Waals surface area contributed by atoms with E-state index in [0.717, 1.165) is 22.9 Å². The standard InChI is InChI=1S/C23H26N4O5S/c1-32-21-9-8-17(14-20(21)27-12-4-5-13-33(27,30)31)26-23(29)22(28)24-11-10-16-15-25-19-7-3-2-6-18(16)19/h2-3,6-9,14-15,25H,4-5,10-13H2,1H3,(H,24,28)(H,26,29). The molecule has 0 spiro atoms. The van der Waals surface area contributed by atoms with E-state index in [2.05, 4.69) is 15.6 Å². The van der Waals surface area contributed by atoms with Crippen LogP contribution in [0.5, 0.6) is 5.75 Å². The van der Waals surface area contributed by atoms with Crippen LogP contribution in [-0.4, -0.2) is 51.2 Å². The summed E-state index contributed by atoms with van der Waals surface area (Å²) in [5.74, 6) is -1.16. The quantitative estimate of drug-likeness (QED) is 0.478. The molecule has 9 nitrogen and oxygen atoms in total. The van der Waals surface area contributed by atoms with Gasteiger partial charge in [0.2, 0.25) is 10.0 Å². The number of carbonyl (C=O) groups is 2. The van der Waals surface area contributed by atoms with Gasteiger partial charge in [0.15, 0.2) is 0 Å². The number of aromatic amines is 1. The first-order chi connectivity index (χ1) is 15.9. The third kappa shape index (κ3) is 4.95. The van der Waals surface area contributed by atoms with Crippen molar-refractivity contribution in [3.05, 3.63) is 54.2 Å². The van der Waals surface area contributed by atoms with Gasteiger partial charge in [-0.05, 0) is 49.1 Å². The molecule has 2 heterocycles. The van der Waals surface area contributed by atoms with Crippen LogP contribution in [0.25, 0.3) is 10.9 Å². The Morgan fingerprint density at radius 2 is 1.94 bits per heavy atom. The topological polar surface area (TPSA) is 121 Å². The van der Waals surface area contributed by atoms with Gasteiger partial charge in [0, 0.05) is 35.9 Å². The molecule has 0 atom stereocenters. The van der Waals surface area contributed by atoms with Crippen molar-refractivity contribution in [2.75, 3.05) is 35.6 Å². The Hall–Kier alpha value is -3.53. The molecule has 2 amide bonds. The highest BCUT2D eigenvalue weighted by atomic mass is 32.2. The lowest BCUT2D eigenvalue weighted by molar-refractivity contribution is -0.136. The summed E-state index contributed by atoms with van der Waals surface area (Å²) in [4.78, 5) is 27.9. The maximum Gasteiger partial charge on any atom is 0.313 e. The first-order valence-corrected chi connectivity index (χ1v) is 12.3. The van der Waals surface area contributed by atoms with Crippen LogP contribution in [0.3, 0.4) is 0 Å². The van der Waals surface area contributed by atoms with Gasteiger partial charge in [-0.3, -0.25) is 13.9 Å². The van der Waals surface area contributed by atoms with Crippen LogP contribution in [0.15, 0.2) is 48.7 Å². The Morgan fingerprint density at radius 3 is 2.73 bits per heavy atom. The Kier molecular flexibility index (Phi) is 6.55. The van der Waals surface area contributed by atoms with Gasteiger partial charge >= 0.3 is 11.8 Å². The van der Waals surface area contributed by atoms with Crippen molar-refractivity contribution in [2.24, 2.45) is 0 Å². The van der Waals surface area contributed by atoms with E-state index in [1.807, 2.05) is 30.5 Å². The van der Waals surface area contributed by atoms with Crippen molar-refractivity contribution >= 4 is 44.1 Å². The van der Waals surface area contributed by atoms with Gasteiger partial charge in [0.25, 0.3) is 0 Å². The molecule has 1 aliphatic heterocycles. The zero-order valence-electron chi connectivity index (χ0n) is 18.3. The molecule has 2 aromatic carbocycles. The highest BCUT2D eigenvalue weighted by Gasteiger charge is 2.28. The van der Waals surface area contributed by atoms with Gasteiger partial charge in [-0.15, -0.1) is 0 Å². The molecule has 1 aromatic heterocycles. The van der Waals surface area contributed by atoms with Crippen LogP contribution in [0.2, 0.25) is 0 Å². The summed E-state index contributed by atoms with van der Waals surface area (Å²) < 4.78 is 31.6. The zero-order valence-corrected chi connectivity index (χ0v) is 19.1. The van der Waals surface area contributed by atoms with Crippen molar-refractivity contribution in [1.29, 1.82) is 0 Å². The molecule has 1 aliphatic rings. The molecule has 0 unspecified atom stereocenters. The van der Waals surface area contributed by atoms with Gasteiger partial charge in [-0.25, -0.2) is 8.42 Å². The summed E-state index contributed by atoms with van der Waals surface area (Å²) >= 11 is 0. The molecular weight excluding hydrogens is 444 g/mol. The third-order valence-electron chi connectivity index (χ3n) is 5.62. The average molecular weight is 471 g/mol. The van der Waals surface area contributed by atoms with Crippen LogP contribution >= 0.6 is 0 Å². The normalized spacial score (nSPS) is 15.2. The molecule has 3 N–H and O–H groups in total. The molecule has 1 fully saturated rings. The number of methoxy groups -OCH3 is 1. The molecule has 0 radical (unpaired) electrons. The minimum absolute atomic E-state index is 0.0611. The first kappa shape index (κ1) is 22.7. The van der Waals surface area contributed by atoms with Crippen LogP contribution in [0, 0.1) is 0 Å². The van der Waals surface area contributed by atoms with Crippen LogP contribution in [0.1, 0.15) is 18.4 Å². The van der Waals surface area contributed by atoms with E-state index in [9.17, 15) is 18.0 Å². The highest BCUT2D eigenvalue weighted by molar-refractivity contribution is 7.92. The van der Waals surface area contributed by atoms with E-state index in [1.165, 1.54) is 17.5 Å². The Balaban J connectivity index is 1.39. The fraction of sp³-hybridized carbons (Fsp3) is 0.304. The fourth-order valence-electron chi connectivity index (χ4n) is 3.94. The molecular formula is C23H26N4O5S. The summed E-state index contributed by atoms with van der Waals surface area (Å²) in [5.41, 5.74) is 2.72. The molecule has 174 valence electrons. The van der Waals surface area contributed by atoms with Crippen LogP contribution in [-0.2, 0) is 26.0 Å². The number of amides is 2. The molecule has 0 saturated carbocycles. The summed E-state index contributed by atoms with van der Waals surface area (Å²) in [6, 6.07) is 12.5. The Labute approximate surface area is 192 Å². The van der Waals surface area contributed by atoms with Gasteiger partial charge in [-0.2, -0.15) is 0 Å². The Morgan fingerprint density at radius 1 is 1.12 bits per heavy atom. The van der Waals surface area contributed by atoms with Gasteiger partial charge in [0.05, 0.1) is 18.6 Å². The lowest BCUT2D eigenvalue weighted by atomic mass is 10.1. The number of carbonyl (C=O) groups excluding carboxylic acids is 2. The largest absolute Gasteiger partial charge is 0.495 e. The zero-order chi connectivity index (χ0) is 23.4. The number of H-pyrrole nitrogens is 1. The SMILES string of the molecule is COc1ccc(NC(=O)C(=O)NCCc2c[nH]c3ccccc23)cc1N1CCCCS1(=O)=O.